The largest absolute Gasteiger partial charge is 0.440 e. The molecule has 0 radical (unpaired) electrons. The first kappa shape index (κ1) is 14.8. The highest BCUT2D eigenvalue weighted by Crippen LogP contribution is 2.28. The second-order valence-electron chi connectivity index (χ2n) is 5.66. The number of oxazole rings is 1. The fraction of sp³-hybridized carbons (Fsp3) is 0.412. The average molecular weight is 300 g/mol. The molecular weight excluding hydrogens is 280 g/mol. The third-order valence-corrected chi connectivity index (χ3v) is 3.70. The van der Waals surface area contributed by atoms with Crippen LogP contribution < -0.4 is 0 Å². The Morgan fingerprint density at radius 2 is 1.86 bits per heavy atom. The molecule has 1 aliphatic heterocycles. The molecule has 116 valence electrons. The van der Waals surface area contributed by atoms with Crippen LogP contribution in [-0.4, -0.2) is 42.1 Å². The van der Waals surface area contributed by atoms with Crippen LogP contribution in [0, 0.1) is 0 Å². The number of aromatic nitrogens is 1. The minimum atomic E-state index is -0.0714. The first-order valence-corrected chi connectivity index (χ1v) is 7.60. The van der Waals surface area contributed by atoms with E-state index in [1.165, 1.54) is 0 Å². The first-order chi connectivity index (χ1) is 10.7. The monoisotopic (exact) mass is 300 g/mol. The van der Waals surface area contributed by atoms with E-state index in [4.69, 9.17) is 9.15 Å². The summed E-state index contributed by atoms with van der Waals surface area (Å²) in [5, 5.41) is 0. The fourth-order valence-corrected chi connectivity index (χ4v) is 2.50. The van der Waals surface area contributed by atoms with E-state index in [9.17, 15) is 4.79 Å². The Morgan fingerprint density at radius 3 is 2.50 bits per heavy atom. The second kappa shape index (κ2) is 6.32. The SMILES string of the molecule is CC(C)c1oc(-c2ccccc2)nc1C(=O)N1CCOCC1. The third kappa shape index (κ3) is 2.90. The Morgan fingerprint density at radius 1 is 1.18 bits per heavy atom. The minimum absolute atomic E-state index is 0.0714. The summed E-state index contributed by atoms with van der Waals surface area (Å²) in [6.07, 6.45) is 0. The fourth-order valence-electron chi connectivity index (χ4n) is 2.50. The zero-order valence-electron chi connectivity index (χ0n) is 12.9. The molecule has 0 N–H and O–H groups in total. The topological polar surface area (TPSA) is 55.6 Å². The van der Waals surface area contributed by atoms with Crippen LogP contribution in [-0.2, 0) is 4.74 Å². The van der Waals surface area contributed by atoms with Gasteiger partial charge in [0, 0.05) is 24.6 Å². The van der Waals surface area contributed by atoms with E-state index < -0.39 is 0 Å². The third-order valence-electron chi connectivity index (χ3n) is 3.70. The van der Waals surface area contributed by atoms with Crippen molar-refractivity contribution in [1.82, 2.24) is 9.88 Å². The van der Waals surface area contributed by atoms with Crippen molar-refractivity contribution in [2.45, 2.75) is 19.8 Å². The molecule has 0 atom stereocenters. The lowest BCUT2D eigenvalue weighted by molar-refractivity contribution is 0.0297. The molecule has 1 aromatic heterocycles. The molecule has 22 heavy (non-hydrogen) atoms. The minimum Gasteiger partial charge on any atom is -0.440 e. The van der Waals surface area contributed by atoms with Crippen LogP contribution >= 0.6 is 0 Å². The highest BCUT2D eigenvalue weighted by atomic mass is 16.5. The van der Waals surface area contributed by atoms with Crippen LogP contribution in [0.5, 0.6) is 0 Å². The van der Waals surface area contributed by atoms with Crippen LogP contribution in [0.3, 0.4) is 0 Å². The second-order valence-corrected chi connectivity index (χ2v) is 5.66. The maximum absolute atomic E-state index is 12.7. The van der Waals surface area contributed by atoms with Crippen molar-refractivity contribution in [2.24, 2.45) is 0 Å². The Kier molecular flexibility index (Phi) is 4.24. The molecule has 3 rings (SSSR count). The van der Waals surface area contributed by atoms with E-state index in [-0.39, 0.29) is 11.8 Å². The molecule has 0 unspecified atom stereocenters. The molecule has 0 saturated carbocycles. The lowest BCUT2D eigenvalue weighted by Gasteiger charge is -2.26. The van der Waals surface area contributed by atoms with Gasteiger partial charge in [0.1, 0.15) is 5.76 Å². The number of rotatable bonds is 3. The molecule has 1 amide bonds. The molecule has 2 heterocycles. The molecule has 0 spiro atoms. The first-order valence-electron chi connectivity index (χ1n) is 7.60. The van der Waals surface area contributed by atoms with Gasteiger partial charge in [-0.2, -0.15) is 0 Å². The van der Waals surface area contributed by atoms with Crippen LogP contribution in [0.15, 0.2) is 34.7 Å². The van der Waals surface area contributed by atoms with E-state index in [1.54, 1.807) is 4.90 Å². The van der Waals surface area contributed by atoms with Gasteiger partial charge in [0.2, 0.25) is 5.89 Å². The summed E-state index contributed by atoms with van der Waals surface area (Å²) < 4.78 is 11.2. The highest BCUT2D eigenvalue weighted by molar-refractivity contribution is 5.94. The molecule has 5 nitrogen and oxygen atoms in total. The lowest BCUT2D eigenvalue weighted by Crippen LogP contribution is -2.41. The summed E-state index contributed by atoms with van der Waals surface area (Å²) in [6, 6.07) is 9.66. The van der Waals surface area contributed by atoms with Crippen LogP contribution in [0.25, 0.3) is 11.5 Å². The van der Waals surface area contributed by atoms with E-state index >= 15 is 0 Å². The number of hydrogen-bond donors (Lipinski definition) is 0. The summed E-state index contributed by atoms with van der Waals surface area (Å²) >= 11 is 0. The molecular formula is C17H20N2O3. The zero-order valence-corrected chi connectivity index (χ0v) is 12.9. The molecule has 1 aliphatic rings. The highest BCUT2D eigenvalue weighted by Gasteiger charge is 2.27. The van der Waals surface area contributed by atoms with Gasteiger partial charge in [-0.1, -0.05) is 32.0 Å². The Labute approximate surface area is 129 Å². The number of benzene rings is 1. The van der Waals surface area contributed by atoms with Crippen molar-refractivity contribution in [1.29, 1.82) is 0 Å². The molecule has 2 aromatic rings. The van der Waals surface area contributed by atoms with E-state index in [1.807, 2.05) is 44.2 Å². The van der Waals surface area contributed by atoms with Gasteiger partial charge in [-0.05, 0) is 12.1 Å². The predicted octanol–water partition coefficient (Wildman–Crippen LogP) is 2.94. The predicted molar refractivity (Wildman–Crippen MR) is 82.8 cm³/mol. The quantitative estimate of drug-likeness (QED) is 0.874. The van der Waals surface area contributed by atoms with Gasteiger partial charge in [0.15, 0.2) is 5.69 Å². The van der Waals surface area contributed by atoms with Gasteiger partial charge in [0.25, 0.3) is 5.91 Å². The van der Waals surface area contributed by atoms with E-state index in [2.05, 4.69) is 4.98 Å². The summed E-state index contributed by atoms with van der Waals surface area (Å²) in [5.41, 5.74) is 1.31. The summed E-state index contributed by atoms with van der Waals surface area (Å²) in [6.45, 7) is 6.36. The van der Waals surface area contributed by atoms with Crippen LogP contribution in [0.4, 0.5) is 0 Å². The molecule has 1 aromatic carbocycles. The van der Waals surface area contributed by atoms with Gasteiger partial charge in [-0.25, -0.2) is 4.98 Å². The standard InChI is InChI=1S/C17H20N2O3/c1-12(2)15-14(17(20)19-8-10-21-11-9-19)18-16(22-15)13-6-4-3-5-7-13/h3-7,12H,8-11H2,1-2H3. The van der Waals surface area contributed by atoms with E-state index in [0.29, 0.717) is 43.6 Å². The number of nitrogens with zero attached hydrogens (tertiary/aromatic N) is 2. The average Bonchev–Trinajstić information content (AvgIpc) is 3.01. The maximum atomic E-state index is 12.7. The zero-order chi connectivity index (χ0) is 15.5. The number of ether oxygens (including phenoxy) is 1. The Hall–Kier alpha value is -2.14. The molecule has 1 saturated heterocycles. The number of amides is 1. The van der Waals surface area contributed by atoms with Gasteiger partial charge in [0.05, 0.1) is 13.2 Å². The lowest BCUT2D eigenvalue weighted by atomic mass is 10.1. The van der Waals surface area contributed by atoms with Crippen molar-refractivity contribution < 1.29 is 13.9 Å². The van der Waals surface area contributed by atoms with Gasteiger partial charge in [-0.15, -0.1) is 0 Å². The molecule has 0 bridgehead atoms. The smallest absolute Gasteiger partial charge is 0.276 e. The van der Waals surface area contributed by atoms with E-state index in [0.717, 1.165) is 5.56 Å². The number of carbonyl (C=O) groups excluding carboxylic acids is 1. The van der Waals surface area contributed by atoms with Crippen molar-refractivity contribution in [3.63, 3.8) is 0 Å². The van der Waals surface area contributed by atoms with Crippen molar-refractivity contribution in [2.75, 3.05) is 26.3 Å². The Balaban J connectivity index is 1.95. The summed E-state index contributed by atoms with van der Waals surface area (Å²) in [5.74, 6) is 1.18. The summed E-state index contributed by atoms with van der Waals surface area (Å²) in [4.78, 5) is 19.0. The number of carbonyl (C=O) groups is 1. The van der Waals surface area contributed by atoms with Gasteiger partial charge in [-0.3, -0.25) is 4.79 Å². The Bertz CT molecular complexity index is 643. The maximum Gasteiger partial charge on any atom is 0.276 e. The summed E-state index contributed by atoms with van der Waals surface area (Å²) in [7, 11) is 0. The normalized spacial score (nSPS) is 15.3. The van der Waals surface area contributed by atoms with Crippen molar-refractivity contribution >= 4 is 5.91 Å². The molecule has 0 aliphatic carbocycles. The van der Waals surface area contributed by atoms with Crippen LogP contribution in [0.1, 0.15) is 36.0 Å². The molecule has 5 heteroatoms. The molecule has 1 fully saturated rings. The van der Waals surface area contributed by atoms with Crippen molar-refractivity contribution in [3.05, 3.63) is 41.8 Å². The van der Waals surface area contributed by atoms with Gasteiger partial charge < -0.3 is 14.1 Å². The van der Waals surface area contributed by atoms with Crippen molar-refractivity contribution in [3.8, 4) is 11.5 Å². The number of hydrogen-bond acceptors (Lipinski definition) is 4. The number of morpholine rings is 1. The van der Waals surface area contributed by atoms with Crippen LogP contribution in [0.2, 0.25) is 0 Å². The van der Waals surface area contributed by atoms with Gasteiger partial charge >= 0.3 is 0 Å².